The van der Waals surface area contributed by atoms with Crippen LogP contribution in [0.4, 0.5) is 0 Å². The molecule has 2 aliphatic rings. The maximum Gasteiger partial charge on any atom is 2.00 e. The molecule has 0 aliphatic carbocycles. The minimum Gasteiger partial charge on any atom is -0.657 e. The average Bonchev–Trinajstić information content (AvgIpc) is 4.16. The maximum absolute atomic E-state index is 11.9. The first-order valence-corrected chi connectivity index (χ1v) is 24.1. The zero-order valence-corrected chi connectivity index (χ0v) is 41.6. The van der Waals surface area contributed by atoms with Crippen molar-refractivity contribution in [1.82, 2.24) is 19.9 Å². The summed E-state index contributed by atoms with van der Waals surface area (Å²) in [7, 11) is 0. The van der Waals surface area contributed by atoms with E-state index in [0.29, 0.717) is 11.0 Å². The first-order valence-electron chi connectivity index (χ1n) is 24.1. The van der Waals surface area contributed by atoms with Crippen LogP contribution < -0.4 is 9.97 Å². The molecule has 65 heavy (non-hydrogen) atoms. The van der Waals surface area contributed by atoms with Crippen LogP contribution in [-0.4, -0.2) is 32.1 Å². The van der Waals surface area contributed by atoms with Gasteiger partial charge in [-0.25, -0.2) is 19.6 Å². The number of carboxylic acids is 2. The smallest absolute Gasteiger partial charge is 0.657 e. The van der Waals surface area contributed by atoms with Gasteiger partial charge in [-0.2, -0.15) is 0 Å². The monoisotopic (exact) mass is 920 g/mol. The molecule has 2 aliphatic heterocycles. The van der Waals surface area contributed by atoms with Crippen molar-refractivity contribution in [3.8, 4) is 22.3 Å². The van der Waals surface area contributed by atoms with Gasteiger partial charge in [0.15, 0.2) is 0 Å². The van der Waals surface area contributed by atoms with E-state index in [1.54, 1.807) is 24.3 Å². The summed E-state index contributed by atoms with van der Waals surface area (Å²) in [4.78, 5) is 45.1. The number of aromatic nitrogens is 4. The van der Waals surface area contributed by atoms with Crippen molar-refractivity contribution in [2.45, 2.75) is 142 Å². The molecule has 3 aromatic heterocycles. The van der Waals surface area contributed by atoms with Gasteiger partial charge in [0.2, 0.25) is 0 Å². The summed E-state index contributed by atoms with van der Waals surface area (Å²) < 4.78 is 0. The van der Waals surface area contributed by atoms with Gasteiger partial charge in [0.25, 0.3) is 0 Å². The van der Waals surface area contributed by atoms with Crippen LogP contribution in [0.1, 0.15) is 184 Å². The molecule has 0 saturated heterocycles. The average molecular weight is 923 g/mol. The zero-order valence-electron chi connectivity index (χ0n) is 38.6. The molecular formula is C56H64N4O4Zn. The number of aryl methyl sites for hydroxylation is 2. The predicted molar refractivity (Wildman–Crippen MR) is 263 cm³/mol. The fourth-order valence-electron chi connectivity index (χ4n) is 9.09. The maximum atomic E-state index is 11.9. The molecule has 5 aromatic rings. The molecule has 0 unspecified atom stereocenters. The van der Waals surface area contributed by atoms with Gasteiger partial charge in [0, 0.05) is 0 Å². The predicted octanol–water partition coefficient (Wildman–Crippen LogP) is 14.8. The number of rotatable bonds is 24. The summed E-state index contributed by atoms with van der Waals surface area (Å²) in [5.74, 6) is -1.98. The van der Waals surface area contributed by atoms with Crippen molar-refractivity contribution >= 4 is 58.3 Å². The number of carboxylic acid groups (broad SMARTS) is 2. The Hall–Kier alpha value is -5.40. The summed E-state index contributed by atoms with van der Waals surface area (Å²) >= 11 is 0. The minimum absolute atomic E-state index is 0. The molecule has 7 rings (SSSR count). The number of carbonyl (C=O) groups is 2. The Morgan fingerprint density at radius 2 is 0.723 bits per heavy atom. The molecule has 8 nitrogen and oxygen atoms in total. The van der Waals surface area contributed by atoms with E-state index < -0.39 is 11.9 Å². The molecule has 0 radical (unpaired) electrons. The Bertz CT molecular complexity index is 2430. The second-order valence-corrected chi connectivity index (χ2v) is 17.5. The van der Waals surface area contributed by atoms with E-state index in [0.717, 1.165) is 106 Å². The van der Waals surface area contributed by atoms with Crippen molar-refractivity contribution in [2.75, 3.05) is 0 Å². The minimum atomic E-state index is -0.988. The molecular weight excluding hydrogens is 858 g/mol. The van der Waals surface area contributed by atoms with Crippen molar-refractivity contribution in [2.24, 2.45) is 0 Å². The van der Waals surface area contributed by atoms with Crippen LogP contribution in [0.25, 0.3) is 68.6 Å². The van der Waals surface area contributed by atoms with Crippen LogP contribution in [0.15, 0.2) is 72.8 Å². The fourth-order valence-corrected chi connectivity index (χ4v) is 9.09. The number of hydrogen-bond donors (Lipinski definition) is 2. The van der Waals surface area contributed by atoms with Crippen molar-refractivity contribution in [3.05, 3.63) is 118 Å². The summed E-state index contributed by atoms with van der Waals surface area (Å²) in [5, 5.41) is 19.5. The summed E-state index contributed by atoms with van der Waals surface area (Å²) in [6, 6.07) is 22.0. The Kier molecular flexibility index (Phi) is 18.7. The Balaban J connectivity index is 0.00000700. The number of unbranched alkanes of at least 4 members (excludes halogenated alkanes) is 16. The van der Waals surface area contributed by atoms with E-state index >= 15 is 0 Å². The van der Waals surface area contributed by atoms with Gasteiger partial charge in [0.1, 0.15) is 0 Å². The van der Waals surface area contributed by atoms with E-state index in [1.165, 1.54) is 89.9 Å². The number of fused-ring (bicyclic) bond motifs is 8. The molecule has 5 heterocycles. The number of benzene rings is 2. The molecule has 8 bridgehead atoms. The Labute approximate surface area is 397 Å². The van der Waals surface area contributed by atoms with Gasteiger partial charge in [0.05, 0.1) is 33.9 Å². The van der Waals surface area contributed by atoms with E-state index in [2.05, 4.69) is 38.1 Å². The van der Waals surface area contributed by atoms with E-state index in [1.807, 2.05) is 48.6 Å². The van der Waals surface area contributed by atoms with Crippen molar-refractivity contribution in [1.29, 1.82) is 0 Å². The summed E-state index contributed by atoms with van der Waals surface area (Å²) in [6.07, 6.45) is 32.4. The van der Waals surface area contributed by atoms with Crippen molar-refractivity contribution in [3.63, 3.8) is 0 Å². The topological polar surface area (TPSA) is 129 Å². The third-order valence-corrected chi connectivity index (χ3v) is 12.7. The molecule has 0 amide bonds. The first kappa shape index (κ1) is 49.0. The summed E-state index contributed by atoms with van der Waals surface area (Å²) in [6.45, 7) is 4.53. The molecule has 9 heteroatoms. The largest absolute Gasteiger partial charge is 2.00 e. The van der Waals surface area contributed by atoms with E-state index in [9.17, 15) is 19.8 Å². The van der Waals surface area contributed by atoms with Gasteiger partial charge in [-0.15, -0.1) is 22.1 Å². The van der Waals surface area contributed by atoms with Gasteiger partial charge in [-0.05, 0) is 108 Å². The zero-order chi connectivity index (χ0) is 44.7. The normalized spacial score (nSPS) is 11.8. The molecule has 2 N–H and O–H groups in total. The SMILES string of the molecule is CCCCCCCCCCCc1c2nc(c(-c3ccc(C(=O)O)cc3)c3ccc([n-]3)c(-c3ccc(C(=O)O)cc3)c3nc(c(CCCCCCCCCCC)c4ccc1[n-]4)C=C3)C=C2.[Zn+2]. The second kappa shape index (κ2) is 24.8. The van der Waals surface area contributed by atoms with Crippen LogP contribution in [0, 0.1) is 0 Å². The van der Waals surface area contributed by atoms with Crippen molar-refractivity contribution < 1.29 is 39.3 Å². The number of aromatic carboxylic acids is 2. The second-order valence-electron chi connectivity index (χ2n) is 17.5. The third-order valence-electron chi connectivity index (χ3n) is 12.7. The Morgan fingerprint density at radius 3 is 1.08 bits per heavy atom. The van der Waals surface area contributed by atoms with E-state index in [4.69, 9.17) is 19.9 Å². The van der Waals surface area contributed by atoms with Crippen LogP contribution in [0.3, 0.4) is 0 Å². The standard InChI is InChI=1S/C56H66N4O4.Zn/c1-3-5-7-9-11-13-15-17-19-21-43-45-31-32-46(57-45)44(22-20-18-16-14-12-10-8-6-4-2)48-34-36-50(59-48)54(40-25-29-42(30-26-40)56(63)64)52-38-37-51(60-52)53(49-35-33-47(43)58-49)39-23-27-41(28-24-39)55(61)62;/h23-38H,3-22H2,1-2H3,(H4,57,58,59,60,61,62,63,64);/q;+2/p-2. The van der Waals surface area contributed by atoms with Gasteiger partial charge in [-0.1, -0.05) is 165 Å². The third kappa shape index (κ3) is 12.9. The molecule has 0 spiro atoms. The number of hydrogen-bond acceptors (Lipinski definition) is 4. The van der Waals surface area contributed by atoms with Gasteiger partial charge >= 0.3 is 31.4 Å². The molecule has 334 valence electrons. The van der Waals surface area contributed by atoms with Crippen LogP contribution in [0.5, 0.6) is 0 Å². The van der Waals surface area contributed by atoms with Crippen LogP contribution >= 0.6 is 0 Å². The molecule has 0 saturated carbocycles. The first-order chi connectivity index (χ1) is 31.3. The fraction of sp³-hybridized carbons (Fsp3) is 0.393. The molecule has 0 fully saturated rings. The number of nitrogens with zero attached hydrogens (tertiary/aromatic N) is 4. The van der Waals surface area contributed by atoms with Crippen LogP contribution in [0.2, 0.25) is 0 Å². The van der Waals surface area contributed by atoms with Gasteiger partial charge in [-0.3, -0.25) is 0 Å². The van der Waals surface area contributed by atoms with E-state index in [-0.39, 0.29) is 30.6 Å². The molecule has 0 atom stereocenters. The van der Waals surface area contributed by atoms with Gasteiger partial charge < -0.3 is 20.2 Å². The van der Waals surface area contributed by atoms with Crippen LogP contribution in [-0.2, 0) is 32.3 Å². The Morgan fingerprint density at radius 1 is 0.415 bits per heavy atom. The summed E-state index contributed by atoms with van der Waals surface area (Å²) in [5.41, 5.74) is 12.3. The molecule has 2 aromatic carbocycles. The quantitative estimate of drug-likeness (QED) is 0.0453.